The topological polar surface area (TPSA) is 65.3 Å². The normalized spacial score (nSPS) is 12.9. The lowest BCUT2D eigenvalue weighted by Crippen LogP contribution is -2.34. The number of rotatable bonds is 6. The molecule has 3 heterocycles. The fourth-order valence-corrected chi connectivity index (χ4v) is 3.09. The van der Waals surface area contributed by atoms with Gasteiger partial charge in [0.2, 0.25) is 0 Å². The molecular weight excluding hydrogens is 300 g/mol. The van der Waals surface area contributed by atoms with Gasteiger partial charge in [0, 0.05) is 42.1 Å². The van der Waals surface area contributed by atoms with E-state index in [1.165, 1.54) is 10.9 Å². The van der Waals surface area contributed by atoms with Crippen LogP contribution in [0.25, 0.3) is 16.6 Å². The van der Waals surface area contributed by atoms with Crippen molar-refractivity contribution in [3.8, 4) is 0 Å². The molecule has 122 valence electrons. The van der Waals surface area contributed by atoms with Crippen LogP contribution >= 0.6 is 0 Å². The minimum absolute atomic E-state index is 0.00554. The maximum Gasteiger partial charge on any atom is 0.137 e. The summed E-state index contributed by atoms with van der Waals surface area (Å²) in [6, 6.07) is 14.2. The number of hydrogen-bond acceptors (Lipinski definition) is 3. The highest BCUT2D eigenvalue weighted by Gasteiger charge is 2.12. The Morgan fingerprint density at radius 1 is 1.17 bits per heavy atom. The maximum absolute atomic E-state index is 9.72. The van der Waals surface area contributed by atoms with Gasteiger partial charge in [0.25, 0.3) is 0 Å². The Morgan fingerprint density at radius 3 is 2.92 bits per heavy atom. The Morgan fingerprint density at radius 2 is 2.04 bits per heavy atom. The number of fused-ring (bicyclic) bond motifs is 2. The van der Waals surface area contributed by atoms with E-state index in [0.29, 0.717) is 6.54 Å². The number of aromatic nitrogens is 3. The van der Waals surface area contributed by atoms with Gasteiger partial charge < -0.3 is 19.8 Å². The number of nitrogens with one attached hydrogen (secondary N) is 2. The fourth-order valence-electron chi connectivity index (χ4n) is 3.09. The van der Waals surface area contributed by atoms with Crippen molar-refractivity contribution < 1.29 is 5.11 Å². The number of nitrogens with zero attached hydrogens (tertiary/aromatic N) is 2. The predicted molar refractivity (Wildman–Crippen MR) is 94.9 cm³/mol. The monoisotopic (exact) mass is 320 g/mol. The van der Waals surface area contributed by atoms with E-state index in [1.807, 2.05) is 53.3 Å². The second kappa shape index (κ2) is 6.47. The van der Waals surface area contributed by atoms with Crippen molar-refractivity contribution >= 4 is 16.6 Å². The molecule has 5 nitrogen and oxygen atoms in total. The van der Waals surface area contributed by atoms with Gasteiger partial charge in [-0.15, -0.1) is 0 Å². The third-order valence-electron chi connectivity index (χ3n) is 4.35. The average Bonchev–Trinajstić information content (AvgIpc) is 3.22. The molecular formula is C19H20N4O. The van der Waals surface area contributed by atoms with Crippen molar-refractivity contribution in [1.82, 2.24) is 19.7 Å². The van der Waals surface area contributed by atoms with Crippen LogP contribution in [-0.4, -0.2) is 32.1 Å². The number of imidazole rings is 1. The lowest BCUT2D eigenvalue weighted by Gasteiger charge is -2.15. The van der Waals surface area contributed by atoms with Gasteiger partial charge in [0.1, 0.15) is 5.65 Å². The highest BCUT2D eigenvalue weighted by Crippen LogP contribution is 2.19. The molecule has 0 saturated heterocycles. The summed E-state index contributed by atoms with van der Waals surface area (Å²) in [7, 11) is 0. The number of aliphatic hydroxyl groups is 1. The quantitative estimate of drug-likeness (QED) is 0.511. The first-order valence-corrected chi connectivity index (χ1v) is 8.15. The number of benzene rings is 1. The zero-order valence-electron chi connectivity index (χ0n) is 13.3. The molecule has 1 atom stereocenters. The molecule has 0 fully saturated rings. The Kier molecular flexibility index (Phi) is 4.02. The Labute approximate surface area is 140 Å². The molecule has 3 aromatic heterocycles. The summed E-state index contributed by atoms with van der Waals surface area (Å²) in [6.45, 7) is 0.724. The first-order valence-electron chi connectivity index (χ1n) is 8.15. The third-order valence-corrected chi connectivity index (χ3v) is 4.35. The van der Waals surface area contributed by atoms with Crippen LogP contribution in [0, 0.1) is 0 Å². The number of para-hydroxylation sites is 1. The molecule has 3 N–H and O–H groups in total. The molecule has 0 aliphatic carbocycles. The van der Waals surface area contributed by atoms with Crippen molar-refractivity contribution in [1.29, 1.82) is 0 Å². The molecule has 0 aliphatic rings. The number of aromatic amines is 1. The van der Waals surface area contributed by atoms with Crippen LogP contribution in [0.15, 0.2) is 61.1 Å². The van der Waals surface area contributed by atoms with E-state index >= 15 is 0 Å². The molecule has 4 rings (SSSR count). The molecule has 0 spiro atoms. The summed E-state index contributed by atoms with van der Waals surface area (Å²) in [4.78, 5) is 7.86. The van der Waals surface area contributed by atoms with E-state index in [0.717, 1.165) is 23.3 Å². The molecule has 5 heteroatoms. The highest BCUT2D eigenvalue weighted by atomic mass is 16.3. The van der Waals surface area contributed by atoms with E-state index in [4.69, 9.17) is 0 Å². The van der Waals surface area contributed by atoms with E-state index < -0.39 is 0 Å². The lowest BCUT2D eigenvalue weighted by molar-refractivity contribution is 0.240. The molecule has 0 radical (unpaired) electrons. The molecule has 0 aliphatic heterocycles. The number of pyridine rings is 1. The summed E-state index contributed by atoms with van der Waals surface area (Å²) in [5.74, 6) is 0. The Balaban J connectivity index is 1.46. The van der Waals surface area contributed by atoms with E-state index in [2.05, 4.69) is 27.4 Å². The standard InChI is InChI=1S/C19H20N4O/c24-13-15(9-14-10-21-18-6-2-1-5-17(14)18)20-11-16-12-23-8-4-3-7-19(23)22-16/h1-8,10,12,15,20-21,24H,9,11,13H2/t15-/m1/s1. The smallest absolute Gasteiger partial charge is 0.137 e. The van der Waals surface area contributed by atoms with Crippen LogP contribution in [0.2, 0.25) is 0 Å². The minimum Gasteiger partial charge on any atom is -0.395 e. The van der Waals surface area contributed by atoms with Crippen molar-refractivity contribution in [2.45, 2.75) is 19.0 Å². The predicted octanol–water partition coefficient (Wildman–Crippen LogP) is 2.51. The zero-order valence-corrected chi connectivity index (χ0v) is 13.3. The summed E-state index contributed by atoms with van der Waals surface area (Å²) >= 11 is 0. The molecule has 1 aromatic carbocycles. The summed E-state index contributed by atoms with van der Waals surface area (Å²) in [5.41, 5.74) is 4.25. The van der Waals surface area contributed by atoms with E-state index in [9.17, 15) is 5.11 Å². The largest absolute Gasteiger partial charge is 0.395 e. The summed E-state index contributed by atoms with van der Waals surface area (Å²) < 4.78 is 2.00. The number of hydrogen-bond donors (Lipinski definition) is 3. The SMILES string of the molecule is OC[C@@H](Cc1c[nH]c2ccccc12)NCc1cn2ccccc2n1. The van der Waals surface area contributed by atoms with Crippen LogP contribution in [0.4, 0.5) is 0 Å². The number of aliphatic hydroxyl groups excluding tert-OH is 1. The maximum atomic E-state index is 9.72. The molecule has 0 saturated carbocycles. The Hall–Kier alpha value is -2.63. The lowest BCUT2D eigenvalue weighted by atomic mass is 10.1. The van der Waals surface area contributed by atoms with Gasteiger partial charge in [0.15, 0.2) is 0 Å². The van der Waals surface area contributed by atoms with Gasteiger partial charge in [-0.2, -0.15) is 0 Å². The van der Waals surface area contributed by atoms with Crippen LogP contribution in [0.3, 0.4) is 0 Å². The molecule has 24 heavy (non-hydrogen) atoms. The van der Waals surface area contributed by atoms with Crippen molar-refractivity contribution in [3.63, 3.8) is 0 Å². The van der Waals surface area contributed by atoms with Gasteiger partial charge in [-0.25, -0.2) is 4.98 Å². The summed E-state index contributed by atoms with van der Waals surface area (Å²) in [5, 5.41) is 14.3. The average molecular weight is 320 g/mol. The number of H-pyrrole nitrogens is 1. The van der Waals surface area contributed by atoms with Crippen molar-refractivity contribution in [2.24, 2.45) is 0 Å². The fraction of sp³-hybridized carbons (Fsp3) is 0.211. The third kappa shape index (κ3) is 2.91. The Bertz CT molecular complexity index is 923. The van der Waals surface area contributed by atoms with Crippen molar-refractivity contribution in [3.05, 3.63) is 72.3 Å². The van der Waals surface area contributed by atoms with E-state index in [1.54, 1.807) is 0 Å². The minimum atomic E-state index is -0.00554. The van der Waals surface area contributed by atoms with Crippen LogP contribution in [-0.2, 0) is 13.0 Å². The second-order valence-electron chi connectivity index (χ2n) is 6.02. The van der Waals surface area contributed by atoms with Gasteiger partial charge >= 0.3 is 0 Å². The molecule has 4 aromatic rings. The van der Waals surface area contributed by atoms with Gasteiger partial charge in [-0.3, -0.25) is 0 Å². The van der Waals surface area contributed by atoms with Gasteiger partial charge in [0.05, 0.1) is 12.3 Å². The van der Waals surface area contributed by atoms with E-state index in [-0.39, 0.29) is 12.6 Å². The molecule has 0 unspecified atom stereocenters. The van der Waals surface area contributed by atoms with Gasteiger partial charge in [-0.05, 0) is 30.2 Å². The van der Waals surface area contributed by atoms with Gasteiger partial charge in [-0.1, -0.05) is 24.3 Å². The summed E-state index contributed by atoms with van der Waals surface area (Å²) in [6.07, 6.45) is 6.80. The highest BCUT2D eigenvalue weighted by molar-refractivity contribution is 5.83. The zero-order chi connectivity index (χ0) is 16.4. The van der Waals surface area contributed by atoms with Crippen LogP contribution < -0.4 is 5.32 Å². The van der Waals surface area contributed by atoms with Crippen LogP contribution in [0.1, 0.15) is 11.3 Å². The van der Waals surface area contributed by atoms with Crippen LogP contribution in [0.5, 0.6) is 0 Å². The molecule has 0 bridgehead atoms. The van der Waals surface area contributed by atoms with Crippen molar-refractivity contribution in [2.75, 3.05) is 6.61 Å². The first-order chi connectivity index (χ1) is 11.8. The first kappa shape index (κ1) is 14.9. The molecule has 0 amide bonds. The second-order valence-corrected chi connectivity index (χ2v) is 6.02.